The Labute approximate surface area is 206 Å². The third kappa shape index (κ3) is 4.34. The Balaban J connectivity index is 1.43. The van der Waals surface area contributed by atoms with Crippen molar-refractivity contribution in [2.75, 3.05) is 18.5 Å². The van der Waals surface area contributed by atoms with Crippen LogP contribution >= 0.6 is 0 Å². The number of carbonyl (C=O) groups is 1. The van der Waals surface area contributed by atoms with Crippen LogP contribution in [0.25, 0.3) is 11.3 Å². The van der Waals surface area contributed by atoms with Crippen LogP contribution in [-0.4, -0.2) is 53.8 Å². The number of aryl methyl sites for hydroxylation is 1. The summed E-state index contributed by atoms with van der Waals surface area (Å²) in [6.45, 7) is 2.55. The lowest BCUT2D eigenvalue weighted by molar-refractivity contribution is 0.0526. The maximum absolute atomic E-state index is 13.4. The molecule has 0 spiro atoms. The monoisotopic (exact) mass is 489 g/mol. The third-order valence-corrected chi connectivity index (χ3v) is 6.24. The molecule has 3 heterocycles. The van der Waals surface area contributed by atoms with Crippen LogP contribution in [0.5, 0.6) is 11.5 Å². The minimum atomic E-state index is -0.560. The van der Waals surface area contributed by atoms with E-state index in [9.17, 15) is 24.5 Å². The Morgan fingerprint density at radius 3 is 2.61 bits per heavy atom. The Morgan fingerprint density at radius 1 is 1.11 bits per heavy atom. The number of aliphatic hydroxyl groups is 1. The van der Waals surface area contributed by atoms with Gasteiger partial charge in [-0.3, -0.25) is 4.79 Å². The molecule has 0 bridgehead atoms. The zero-order valence-corrected chi connectivity index (χ0v) is 19.4. The van der Waals surface area contributed by atoms with E-state index in [-0.39, 0.29) is 35.6 Å². The number of phenols is 2. The topological polar surface area (TPSA) is 124 Å². The van der Waals surface area contributed by atoms with Crippen LogP contribution in [0.1, 0.15) is 27.7 Å². The second kappa shape index (κ2) is 9.31. The highest BCUT2D eigenvalue weighted by Crippen LogP contribution is 2.32. The molecule has 184 valence electrons. The number of rotatable bonds is 6. The van der Waals surface area contributed by atoms with Crippen LogP contribution in [0.15, 0.2) is 60.9 Å². The number of amides is 1. The van der Waals surface area contributed by atoms with Crippen LogP contribution in [0.2, 0.25) is 0 Å². The van der Waals surface area contributed by atoms with Crippen LogP contribution in [-0.2, 0) is 6.54 Å². The van der Waals surface area contributed by atoms with Gasteiger partial charge in [0.05, 0.1) is 24.0 Å². The van der Waals surface area contributed by atoms with Crippen molar-refractivity contribution in [3.05, 3.63) is 83.6 Å². The summed E-state index contributed by atoms with van der Waals surface area (Å²) in [5.41, 5.74) is 3.57. The Morgan fingerprint density at radius 2 is 1.89 bits per heavy atom. The lowest BCUT2D eigenvalue weighted by atomic mass is 10.0. The summed E-state index contributed by atoms with van der Waals surface area (Å²) < 4.78 is 15.2. The number of anilines is 2. The van der Waals surface area contributed by atoms with Gasteiger partial charge >= 0.3 is 0 Å². The first-order valence-corrected chi connectivity index (χ1v) is 11.3. The molecule has 1 aliphatic heterocycles. The van der Waals surface area contributed by atoms with Gasteiger partial charge in [-0.1, -0.05) is 12.1 Å². The Kier molecular flexibility index (Phi) is 6.03. The van der Waals surface area contributed by atoms with E-state index in [1.807, 2.05) is 17.7 Å². The molecule has 0 aliphatic carbocycles. The zero-order chi connectivity index (χ0) is 25.4. The first-order chi connectivity index (χ1) is 17.3. The van der Waals surface area contributed by atoms with Gasteiger partial charge in [-0.25, -0.2) is 14.4 Å². The predicted octanol–water partition coefficient (Wildman–Crippen LogP) is 3.74. The highest BCUT2D eigenvalue weighted by Gasteiger charge is 2.31. The summed E-state index contributed by atoms with van der Waals surface area (Å²) >= 11 is 0. The maximum Gasteiger partial charge on any atom is 0.271 e. The zero-order valence-electron chi connectivity index (χ0n) is 19.4. The normalized spacial score (nSPS) is 14.0. The number of fused-ring (bicyclic) bond motifs is 1. The fourth-order valence-corrected chi connectivity index (χ4v) is 4.37. The van der Waals surface area contributed by atoms with E-state index in [1.165, 1.54) is 24.3 Å². The van der Waals surface area contributed by atoms with Crippen molar-refractivity contribution in [1.82, 2.24) is 19.4 Å². The molecule has 0 radical (unpaired) electrons. The molecule has 5 rings (SSSR count). The summed E-state index contributed by atoms with van der Waals surface area (Å²) in [6.07, 6.45) is 3.48. The molecule has 36 heavy (non-hydrogen) atoms. The quantitative estimate of drug-likeness (QED) is 0.304. The van der Waals surface area contributed by atoms with Gasteiger partial charge in [0.2, 0.25) is 5.95 Å². The van der Waals surface area contributed by atoms with Gasteiger partial charge in [0.15, 0.2) is 0 Å². The van der Waals surface area contributed by atoms with E-state index in [0.717, 1.165) is 22.8 Å². The maximum atomic E-state index is 13.4. The average Bonchev–Trinajstić information content (AvgIpc) is 3.30. The van der Waals surface area contributed by atoms with E-state index in [0.29, 0.717) is 24.5 Å². The fourth-order valence-electron chi connectivity index (χ4n) is 4.37. The van der Waals surface area contributed by atoms with Gasteiger partial charge in [-0.15, -0.1) is 0 Å². The molecule has 0 saturated heterocycles. The summed E-state index contributed by atoms with van der Waals surface area (Å²) in [5.74, 6) is -0.723. The summed E-state index contributed by atoms with van der Waals surface area (Å²) in [7, 11) is 0. The summed E-state index contributed by atoms with van der Waals surface area (Å²) in [5, 5.41) is 32.5. The van der Waals surface area contributed by atoms with Gasteiger partial charge in [-0.05, 0) is 48.4 Å². The minimum Gasteiger partial charge on any atom is -0.508 e. The van der Waals surface area contributed by atoms with Crippen molar-refractivity contribution in [1.29, 1.82) is 0 Å². The van der Waals surface area contributed by atoms with Crippen molar-refractivity contribution < 1.29 is 24.5 Å². The number of benzene rings is 2. The van der Waals surface area contributed by atoms with Crippen LogP contribution in [0.4, 0.5) is 16.0 Å². The van der Waals surface area contributed by atoms with E-state index < -0.39 is 11.9 Å². The largest absolute Gasteiger partial charge is 0.508 e. The van der Waals surface area contributed by atoms with E-state index in [4.69, 9.17) is 0 Å². The van der Waals surface area contributed by atoms with E-state index in [2.05, 4.69) is 15.3 Å². The molecule has 1 unspecified atom stereocenters. The van der Waals surface area contributed by atoms with Crippen molar-refractivity contribution in [3.63, 3.8) is 0 Å². The molecule has 1 aliphatic rings. The lowest BCUT2D eigenvalue weighted by Crippen LogP contribution is -2.43. The van der Waals surface area contributed by atoms with Crippen molar-refractivity contribution >= 4 is 17.5 Å². The predicted molar refractivity (Wildman–Crippen MR) is 131 cm³/mol. The van der Waals surface area contributed by atoms with Gasteiger partial charge in [0, 0.05) is 37.1 Å². The van der Waals surface area contributed by atoms with Crippen LogP contribution in [0.3, 0.4) is 0 Å². The van der Waals surface area contributed by atoms with E-state index in [1.54, 1.807) is 29.3 Å². The molecule has 9 nitrogen and oxygen atoms in total. The molecule has 0 fully saturated rings. The molecule has 4 aromatic rings. The molecule has 2 aromatic heterocycles. The molecule has 2 aromatic carbocycles. The van der Waals surface area contributed by atoms with Crippen LogP contribution < -0.4 is 5.32 Å². The summed E-state index contributed by atoms with van der Waals surface area (Å²) in [6, 6.07) is 11.3. The fraction of sp³-hybridized carbons (Fsp3) is 0.192. The van der Waals surface area contributed by atoms with Crippen molar-refractivity contribution in [2.45, 2.75) is 19.5 Å². The molecular weight excluding hydrogens is 465 g/mol. The summed E-state index contributed by atoms with van der Waals surface area (Å²) in [4.78, 5) is 23.8. The number of halogens is 1. The number of aromatic nitrogens is 3. The first kappa shape index (κ1) is 23.3. The van der Waals surface area contributed by atoms with Gasteiger partial charge in [-0.2, -0.15) is 0 Å². The number of carbonyl (C=O) groups excluding carboxylic acids is 1. The number of nitrogens with one attached hydrogen (secondary N) is 1. The number of aliphatic hydroxyl groups excluding tert-OH is 1. The SMILES string of the molecule is Cc1cnc(Nc2ccc(F)cc2O)nc1-c1cc2n(c1)CCN(C(CO)c1ccc(O)cc1)C2=O. The molecule has 4 N–H and O–H groups in total. The third-order valence-electron chi connectivity index (χ3n) is 6.24. The van der Waals surface area contributed by atoms with Gasteiger partial charge in [0.25, 0.3) is 5.91 Å². The van der Waals surface area contributed by atoms with Crippen molar-refractivity contribution in [2.24, 2.45) is 0 Å². The van der Waals surface area contributed by atoms with E-state index >= 15 is 0 Å². The lowest BCUT2D eigenvalue weighted by Gasteiger charge is -2.34. The molecule has 1 amide bonds. The average molecular weight is 490 g/mol. The highest BCUT2D eigenvalue weighted by atomic mass is 19.1. The number of nitrogens with zero attached hydrogens (tertiary/aromatic N) is 4. The first-order valence-electron chi connectivity index (χ1n) is 11.3. The second-order valence-corrected chi connectivity index (χ2v) is 8.61. The molecular formula is C26H24FN5O4. The minimum absolute atomic E-state index is 0.114. The number of aromatic hydroxyl groups is 2. The molecule has 1 atom stereocenters. The highest BCUT2D eigenvalue weighted by molar-refractivity contribution is 5.95. The number of phenolic OH excluding ortho intramolecular Hbond substituents is 2. The number of hydrogen-bond acceptors (Lipinski definition) is 7. The molecule has 0 saturated carbocycles. The van der Waals surface area contributed by atoms with Crippen molar-refractivity contribution in [3.8, 4) is 22.8 Å². The van der Waals surface area contributed by atoms with Crippen LogP contribution in [0, 0.1) is 12.7 Å². The van der Waals surface area contributed by atoms with Gasteiger partial charge < -0.3 is 30.1 Å². The number of hydrogen-bond donors (Lipinski definition) is 4. The van der Waals surface area contributed by atoms with Gasteiger partial charge in [0.1, 0.15) is 23.0 Å². The standard InChI is InChI=1S/C26H24FN5O4/c1-15-12-28-26(29-20-7-4-18(27)11-23(20)35)30-24(15)17-10-21-25(36)32(9-8-31(21)13-17)22(14-33)16-2-5-19(34)6-3-16/h2-7,10-13,22,33-35H,8-9,14H2,1H3,(H,28,29,30). The molecule has 10 heteroatoms. The Bertz CT molecular complexity index is 1440. The second-order valence-electron chi connectivity index (χ2n) is 8.61. The Hall–Kier alpha value is -4.44. The smallest absolute Gasteiger partial charge is 0.271 e.